The van der Waals surface area contributed by atoms with Gasteiger partial charge in [-0.15, -0.1) is 0 Å². The second-order valence-electron chi connectivity index (χ2n) is 12.2. The van der Waals surface area contributed by atoms with E-state index in [0.717, 1.165) is 5.56 Å². The van der Waals surface area contributed by atoms with Crippen LogP contribution in [-0.4, -0.2) is 87.4 Å². The molecule has 0 aliphatic heterocycles. The Morgan fingerprint density at radius 2 is 1.20 bits per heavy atom. The molecule has 0 bridgehead atoms. The number of carbonyl (C=O) groups excluding carboxylic acids is 4. The standard InChI is InChI=1S/C20H30N2O6.C11H21NO5/c1-5-9-15(22-19(26)28-20(2,3)4)17(24)18(25)21-12-16(23)27-13-14-10-7-6-8-11-14;1-5-6-7(8(13)9(14)15)12-10(16)17-11(2,3)4/h6-8,10-11,15,17,24H,5,9,12-13H2,1-4H3,(H,21,25)(H,22,26);7-8,13H,5-6H2,1-4H3,(H,12,16)(H,14,15). The van der Waals surface area contributed by atoms with Gasteiger partial charge in [-0.1, -0.05) is 57.0 Å². The van der Waals surface area contributed by atoms with Crippen LogP contribution in [0.3, 0.4) is 0 Å². The van der Waals surface area contributed by atoms with Crippen LogP contribution in [0.15, 0.2) is 30.3 Å². The van der Waals surface area contributed by atoms with Crippen LogP contribution in [0.5, 0.6) is 0 Å². The number of nitrogens with one attached hydrogen (secondary N) is 3. The highest BCUT2D eigenvalue weighted by atomic mass is 16.6. The zero-order chi connectivity index (χ0) is 34.8. The number of carbonyl (C=O) groups is 5. The van der Waals surface area contributed by atoms with E-state index in [2.05, 4.69) is 16.0 Å². The van der Waals surface area contributed by atoms with Gasteiger partial charge in [0.1, 0.15) is 24.4 Å². The predicted octanol–water partition coefficient (Wildman–Crippen LogP) is 3.03. The van der Waals surface area contributed by atoms with Crippen molar-refractivity contribution < 1.29 is 53.5 Å². The fourth-order valence-corrected chi connectivity index (χ4v) is 3.57. The van der Waals surface area contributed by atoms with Crippen molar-refractivity contribution in [2.75, 3.05) is 6.54 Å². The van der Waals surface area contributed by atoms with Crippen LogP contribution in [0.2, 0.25) is 0 Å². The highest BCUT2D eigenvalue weighted by molar-refractivity contribution is 5.86. The van der Waals surface area contributed by atoms with Gasteiger partial charge >= 0.3 is 24.1 Å². The number of carboxylic acid groups (broad SMARTS) is 1. The number of ether oxygens (including phenoxy) is 3. The Kier molecular flexibility index (Phi) is 18.4. The summed E-state index contributed by atoms with van der Waals surface area (Å²) in [6.07, 6.45) is -2.58. The van der Waals surface area contributed by atoms with E-state index in [0.29, 0.717) is 25.7 Å². The largest absolute Gasteiger partial charge is 0.479 e. The Hall–Kier alpha value is -3.91. The molecule has 0 saturated carbocycles. The van der Waals surface area contributed by atoms with Gasteiger partial charge in [-0.05, 0) is 59.9 Å². The molecule has 45 heavy (non-hydrogen) atoms. The highest BCUT2D eigenvalue weighted by Crippen LogP contribution is 2.11. The molecule has 14 nitrogen and oxygen atoms in total. The first-order valence-electron chi connectivity index (χ1n) is 14.8. The molecule has 14 heteroatoms. The zero-order valence-electron chi connectivity index (χ0n) is 27.5. The second kappa shape index (κ2) is 20.2. The maximum atomic E-state index is 12.1. The van der Waals surface area contributed by atoms with E-state index in [4.69, 9.17) is 19.3 Å². The van der Waals surface area contributed by atoms with Gasteiger partial charge in [0, 0.05) is 0 Å². The molecule has 3 amide bonds. The highest BCUT2D eigenvalue weighted by Gasteiger charge is 2.30. The molecular formula is C31H51N3O11. The van der Waals surface area contributed by atoms with Gasteiger partial charge < -0.3 is 45.5 Å². The fourth-order valence-electron chi connectivity index (χ4n) is 3.57. The number of rotatable bonds is 14. The third-order valence-electron chi connectivity index (χ3n) is 5.54. The minimum absolute atomic E-state index is 0.0940. The van der Waals surface area contributed by atoms with E-state index in [1.807, 2.05) is 44.2 Å². The summed E-state index contributed by atoms with van der Waals surface area (Å²) in [5.74, 6) is -2.76. The van der Waals surface area contributed by atoms with E-state index in [1.54, 1.807) is 41.5 Å². The van der Waals surface area contributed by atoms with Crippen molar-refractivity contribution in [3.05, 3.63) is 35.9 Å². The summed E-state index contributed by atoms with van der Waals surface area (Å²) in [7, 11) is 0. The van der Waals surface area contributed by atoms with Gasteiger partial charge in [0.2, 0.25) is 0 Å². The smallest absolute Gasteiger partial charge is 0.407 e. The maximum Gasteiger partial charge on any atom is 0.407 e. The Balaban J connectivity index is 0.000000976. The Bertz CT molecular complexity index is 1070. The summed E-state index contributed by atoms with van der Waals surface area (Å²) in [5.41, 5.74) is -0.530. The molecule has 1 rings (SSSR count). The predicted molar refractivity (Wildman–Crippen MR) is 165 cm³/mol. The molecule has 256 valence electrons. The molecule has 1 aromatic carbocycles. The number of aliphatic hydroxyl groups is 2. The summed E-state index contributed by atoms with van der Waals surface area (Å²) in [4.78, 5) is 57.9. The first kappa shape index (κ1) is 41.1. The maximum absolute atomic E-state index is 12.1. The van der Waals surface area contributed by atoms with Crippen molar-refractivity contribution in [3.63, 3.8) is 0 Å². The number of amides is 3. The van der Waals surface area contributed by atoms with Gasteiger partial charge in [-0.2, -0.15) is 0 Å². The molecule has 0 aromatic heterocycles. The quantitative estimate of drug-likeness (QED) is 0.128. The Morgan fingerprint density at radius 1 is 0.756 bits per heavy atom. The lowest BCUT2D eigenvalue weighted by Crippen LogP contribution is -2.52. The molecule has 4 atom stereocenters. The molecule has 0 spiro atoms. The summed E-state index contributed by atoms with van der Waals surface area (Å²) in [6, 6.07) is 7.46. The van der Waals surface area contributed by atoms with Gasteiger partial charge in [-0.25, -0.2) is 14.4 Å². The minimum Gasteiger partial charge on any atom is -0.479 e. The summed E-state index contributed by atoms with van der Waals surface area (Å²) >= 11 is 0. The van der Waals surface area contributed by atoms with Crippen LogP contribution < -0.4 is 16.0 Å². The number of carboxylic acids is 1. The first-order valence-corrected chi connectivity index (χ1v) is 14.8. The summed E-state index contributed by atoms with van der Waals surface area (Å²) < 4.78 is 15.2. The molecular weight excluding hydrogens is 590 g/mol. The lowest BCUT2D eigenvalue weighted by atomic mass is 10.1. The molecule has 0 heterocycles. The average molecular weight is 642 g/mol. The number of aliphatic hydroxyl groups excluding tert-OH is 2. The van der Waals surface area contributed by atoms with Crippen molar-refractivity contribution in [1.29, 1.82) is 0 Å². The van der Waals surface area contributed by atoms with Crippen LogP contribution in [0.25, 0.3) is 0 Å². The third kappa shape index (κ3) is 19.9. The summed E-state index contributed by atoms with van der Waals surface area (Å²) in [5, 5.41) is 35.5. The lowest BCUT2D eigenvalue weighted by molar-refractivity contribution is -0.148. The zero-order valence-corrected chi connectivity index (χ0v) is 27.5. The van der Waals surface area contributed by atoms with E-state index in [-0.39, 0.29) is 13.2 Å². The molecule has 4 unspecified atom stereocenters. The SMILES string of the molecule is CCCC(NC(=O)OC(C)(C)C)C(O)C(=O)NCC(=O)OCc1ccccc1.CCCC(NC(=O)OC(C)(C)C)C(O)C(=O)O. The van der Waals surface area contributed by atoms with Crippen LogP contribution in [-0.2, 0) is 35.2 Å². The molecule has 1 aromatic rings. The number of alkyl carbamates (subject to hydrolysis) is 2. The third-order valence-corrected chi connectivity index (χ3v) is 5.54. The normalized spacial score (nSPS) is 13.8. The molecule has 0 aliphatic rings. The van der Waals surface area contributed by atoms with E-state index in [1.165, 1.54) is 0 Å². The monoisotopic (exact) mass is 641 g/mol. The number of hydrogen-bond donors (Lipinski definition) is 6. The summed E-state index contributed by atoms with van der Waals surface area (Å²) in [6.45, 7) is 13.7. The molecule has 0 aliphatic carbocycles. The van der Waals surface area contributed by atoms with Crippen molar-refractivity contribution in [2.24, 2.45) is 0 Å². The van der Waals surface area contributed by atoms with Crippen LogP contribution in [0, 0.1) is 0 Å². The average Bonchev–Trinajstić information content (AvgIpc) is 2.92. The van der Waals surface area contributed by atoms with Gasteiger partial charge in [0.25, 0.3) is 5.91 Å². The lowest BCUT2D eigenvalue weighted by Gasteiger charge is -2.26. The minimum atomic E-state index is -1.62. The van der Waals surface area contributed by atoms with E-state index < -0.39 is 65.5 Å². The Morgan fingerprint density at radius 3 is 1.60 bits per heavy atom. The van der Waals surface area contributed by atoms with Gasteiger partial charge in [0.15, 0.2) is 12.2 Å². The first-order chi connectivity index (χ1) is 20.8. The van der Waals surface area contributed by atoms with Crippen LogP contribution in [0.1, 0.15) is 86.6 Å². The number of esters is 1. The second-order valence-corrected chi connectivity index (χ2v) is 12.2. The van der Waals surface area contributed by atoms with Crippen molar-refractivity contribution in [2.45, 2.75) is 123 Å². The Labute approximate surface area is 265 Å². The molecule has 6 N–H and O–H groups in total. The van der Waals surface area contributed by atoms with Gasteiger partial charge in [-0.3, -0.25) is 9.59 Å². The van der Waals surface area contributed by atoms with Crippen LogP contribution >= 0.6 is 0 Å². The number of benzene rings is 1. The van der Waals surface area contributed by atoms with Crippen LogP contribution in [0.4, 0.5) is 9.59 Å². The molecule has 0 radical (unpaired) electrons. The molecule has 0 fully saturated rings. The fraction of sp³-hybridized carbons (Fsp3) is 0.645. The molecule has 0 saturated heterocycles. The van der Waals surface area contributed by atoms with Crippen molar-refractivity contribution in [3.8, 4) is 0 Å². The van der Waals surface area contributed by atoms with Crippen molar-refractivity contribution >= 4 is 30.0 Å². The number of hydrogen-bond acceptors (Lipinski definition) is 10. The number of aliphatic carboxylic acids is 1. The van der Waals surface area contributed by atoms with Gasteiger partial charge in [0.05, 0.1) is 12.1 Å². The van der Waals surface area contributed by atoms with E-state index in [9.17, 15) is 34.2 Å². The van der Waals surface area contributed by atoms with E-state index >= 15 is 0 Å². The van der Waals surface area contributed by atoms with Crippen molar-refractivity contribution in [1.82, 2.24) is 16.0 Å². The topological polar surface area (TPSA) is 210 Å².